The van der Waals surface area contributed by atoms with Crippen molar-refractivity contribution in [3.8, 4) is 0 Å². The summed E-state index contributed by atoms with van der Waals surface area (Å²) in [6.45, 7) is 0. The van der Waals surface area contributed by atoms with Crippen LogP contribution >= 0.6 is 27.5 Å². The maximum absolute atomic E-state index is 13.2. The number of halogens is 3. The van der Waals surface area contributed by atoms with Gasteiger partial charge in [0.2, 0.25) is 0 Å². The van der Waals surface area contributed by atoms with E-state index in [2.05, 4.69) is 15.9 Å². The first kappa shape index (κ1) is 11.5. The van der Waals surface area contributed by atoms with E-state index in [1.807, 2.05) is 0 Å². The summed E-state index contributed by atoms with van der Waals surface area (Å²) >= 11 is 8.87. The number of benzene rings is 1. The SMILES string of the molecule is O=C(O)Cc1c(Cl)ccc(F)c1CBr. The van der Waals surface area contributed by atoms with Gasteiger partial charge in [0.1, 0.15) is 5.82 Å². The molecule has 0 atom stereocenters. The molecule has 0 amide bonds. The third kappa shape index (κ3) is 2.45. The molecule has 0 unspecified atom stereocenters. The second kappa shape index (κ2) is 4.75. The highest BCUT2D eigenvalue weighted by molar-refractivity contribution is 9.08. The molecule has 0 saturated carbocycles. The lowest BCUT2D eigenvalue weighted by Crippen LogP contribution is -2.05. The lowest BCUT2D eigenvalue weighted by Gasteiger charge is -2.08. The molecule has 0 aliphatic rings. The van der Waals surface area contributed by atoms with Gasteiger partial charge in [0.15, 0.2) is 0 Å². The van der Waals surface area contributed by atoms with Crippen molar-refractivity contribution in [1.29, 1.82) is 0 Å². The summed E-state index contributed by atoms with van der Waals surface area (Å²) in [4.78, 5) is 10.5. The van der Waals surface area contributed by atoms with Crippen molar-refractivity contribution in [1.82, 2.24) is 0 Å². The molecule has 0 aliphatic heterocycles. The molecule has 2 nitrogen and oxygen atoms in total. The van der Waals surface area contributed by atoms with E-state index < -0.39 is 11.8 Å². The Kier molecular flexibility index (Phi) is 3.89. The van der Waals surface area contributed by atoms with Gasteiger partial charge in [-0.25, -0.2) is 4.39 Å². The van der Waals surface area contributed by atoms with Crippen LogP contribution in [0, 0.1) is 5.82 Å². The molecule has 0 fully saturated rings. The van der Waals surface area contributed by atoms with E-state index in [4.69, 9.17) is 16.7 Å². The molecular weight excluding hydrogens is 274 g/mol. The van der Waals surface area contributed by atoms with Crippen LogP contribution < -0.4 is 0 Å². The van der Waals surface area contributed by atoms with E-state index in [-0.39, 0.29) is 16.8 Å². The van der Waals surface area contributed by atoms with Gasteiger partial charge in [0, 0.05) is 15.9 Å². The van der Waals surface area contributed by atoms with Gasteiger partial charge < -0.3 is 5.11 Å². The molecule has 76 valence electrons. The number of aliphatic carboxylic acids is 1. The average Bonchev–Trinajstić information content (AvgIpc) is 2.11. The fourth-order valence-electron chi connectivity index (χ4n) is 1.12. The Morgan fingerprint density at radius 3 is 2.64 bits per heavy atom. The Labute approximate surface area is 93.8 Å². The minimum atomic E-state index is -1.03. The summed E-state index contributed by atoms with van der Waals surface area (Å²) in [6.07, 6.45) is -0.266. The number of alkyl halides is 1. The Hall–Kier alpha value is -0.610. The number of carbonyl (C=O) groups is 1. The summed E-state index contributed by atoms with van der Waals surface area (Å²) < 4.78 is 13.2. The van der Waals surface area contributed by atoms with Gasteiger partial charge >= 0.3 is 5.97 Å². The van der Waals surface area contributed by atoms with Crippen molar-refractivity contribution in [3.05, 3.63) is 34.1 Å². The summed E-state index contributed by atoms with van der Waals surface area (Å²) in [5.74, 6) is -1.47. The van der Waals surface area contributed by atoms with Gasteiger partial charge in [-0.05, 0) is 17.7 Å². The number of rotatable bonds is 3. The average molecular weight is 282 g/mol. The van der Waals surface area contributed by atoms with E-state index in [1.165, 1.54) is 12.1 Å². The molecule has 0 spiro atoms. The maximum atomic E-state index is 13.2. The van der Waals surface area contributed by atoms with Crippen molar-refractivity contribution in [2.45, 2.75) is 11.8 Å². The molecule has 1 N–H and O–H groups in total. The van der Waals surface area contributed by atoms with Gasteiger partial charge in [-0.2, -0.15) is 0 Å². The first-order chi connectivity index (χ1) is 6.56. The fourth-order valence-corrected chi connectivity index (χ4v) is 1.97. The highest BCUT2D eigenvalue weighted by atomic mass is 79.9. The van der Waals surface area contributed by atoms with Gasteiger partial charge in [-0.15, -0.1) is 0 Å². The van der Waals surface area contributed by atoms with Crippen molar-refractivity contribution in [2.75, 3.05) is 0 Å². The molecule has 0 heterocycles. The van der Waals surface area contributed by atoms with Crippen LogP contribution in [0.2, 0.25) is 5.02 Å². The first-order valence-corrected chi connectivity index (χ1v) is 5.29. The standard InChI is InChI=1S/C9H7BrClFO2/c10-4-6-5(3-9(13)14)7(11)1-2-8(6)12/h1-2H,3-4H2,(H,13,14). The largest absolute Gasteiger partial charge is 0.481 e. The summed E-state index contributed by atoms with van der Waals surface area (Å²) in [5, 5.41) is 9.14. The minimum Gasteiger partial charge on any atom is -0.481 e. The normalized spacial score (nSPS) is 10.2. The van der Waals surface area contributed by atoms with Gasteiger partial charge in [0.25, 0.3) is 0 Å². The Morgan fingerprint density at radius 2 is 2.14 bits per heavy atom. The van der Waals surface area contributed by atoms with Gasteiger partial charge in [0.05, 0.1) is 6.42 Å². The van der Waals surface area contributed by atoms with Crippen LogP contribution in [0.1, 0.15) is 11.1 Å². The van der Waals surface area contributed by atoms with E-state index in [9.17, 15) is 9.18 Å². The van der Waals surface area contributed by atoms with E-state index in [0.29, 0.717) is 11.1 Å². The Balaban J connectivity index is 3.22. The summed E-state index contributed by atoms with van der Waals surface area (Å²) in [6, 6.07) is 2.59. The molecule has 0 saturated heterocycles. The molecule has 0 aromatic heterocycles. The molecule has 1 aromatic carbocycles. The topological polar surface area (TPSA) is 37.3 Å². The summed E-state index contributed by atoms with van der Waals surface area (Å²) in [7, 11) is 0. The van der Waals surface area contributed by atoms with Crippen LogP contribution in [-0.4, -0.2) is 11.1 Å². The smallest absolute Gasteiger partial charge is 0.307 e. The van der Waals surface area contributed by atoms with Crippen LogP contribution in [0.3, 0.4) is 0 Å². The van der Waals surface area contributed by atoms with E-state index in [1.54, 1.807) is 0 Å². The van der Waals surface area contributed by atoms with Crippen LogP contribution in [0.4, 0.5) is 4.39 Å². The molecule has 0 bridgehead atoms. The number of hydrogen-bond acceptors (Lipinski definition) is 1. The lowest BCUT2D eigenvalue weighted by atomic mass is 10.1. The summed E-state index contributed by atoms with van der Waals surface area (Å²) in [5.41, 5.74) is 0.635. The highest BCUT2D eigenvalue weighted by Crippen LogP contribution is 2.25. The zero-order valence-corrected chi connectivity index (χ0v) is 9.40. The Bertz CT molecular complexity index is 368. The fraction of sp³-hybridized carbons (Fsp3) is 0.222. The van der Waals surface area contributed by atoms with Crippen LogP contribution in [0.15, 0.2) is 12.1 Å². The zero-order valence-electron chi connectivity index (χ0n) is 7.06. The van der Waals surface area contributed by atoms with Gasteiger partial charge in [-0.3, -0.25) is 4.79 Å². The van der Waals surface area contributed by atoms with Crippen LogP contribution in [0.25, 0.3) is 0 Å². The predicted molar refractivity (Wildman–Crippen MR) is 55.4 cm³/mol. The molecule has 1 aromatic rings. The quantitative estimate of drug-likeness (QED) is 0.865. The molecule has 5 heteroatoms. The molecule has 0 aliphatic carbocycles. The number of hydrogen-bond donors (Lipinski definition) is 1. The number of carboxylic acids is 1. The Morgan fingerprint density at radius 1 is 1.50 bits per heavy atom. The van der Waals surface area contributed by atoms with Crippen molar-refractivity contribution >= 4 is 33.5 Å². The van der Waals surface area contributed by atoms with Gasteiger partial charge in [-0.1, -0.05) is 27.5 Å². The van der Waals surface area contributed by atoms with Crippen molar-refractivity contribution in [3.63, 3.8) is 0 Å². The van der Waals surface area contributed by atoms with E-state index in [0.717, 1.165) is 0 Å². The predicted octanol–water partition coefficient (Wildman–Crippen LogP) is 3.00. The third-order valence-electron chi connectivity index (χ3n) is 1.78. The van der Waals surface area contributed by atoms with Crippen LogP contribution in [-0.2, 0) is 16.5 Å². The maximum Gasteiger partial charge on any atom is 0.307 e. The zero-order chi connectivity index (χ0) is 10.7. The molecule has 1 rings (SSSR count). The molecule has 0 radical (unpaired) electrons. The second-order valence-electron chi connectivity index (χ2n) is 2.69. The monoisotopic (exact) mass is 280 g/mol. The van der Waals surface area contributed by atoms with Crippen LogP contribution in [0.5, 0.6) is 0 Å². The lowest BCUT2D eigenvalue weighted by molar-refractivity contribution is -0.136. The third-order valence-corrected chi connectivity index (χ3v) is 2.69. The van der Waals surface area contributed by atoms with E-state index >= 15 is 0 Å². The van der Waals surface area contributed by atoms with Crippen molar-refractivity contribution < 1.29 is 14.3 Å². The number of carboxylic acid groups (broad SMARTS) is 1. The molecule has 14 heavy (non-hydrogen) atoms. The van der Waals surface area contributed by atoms with Crippen molar-refractivity contribution in [2.24, 2.45) is 0 Å². The minimum absolute atomic E-state index is 0.252. The molecular formula is C9H7BrClFO2. The highest BCUT2D eigenvalue weighted by Gasteiger charge is 2.14. The second-order valence-corrected chi connectivity index (χ2v) is 3.66. The first-order valence-electron chi connectivity index (χ1n) is 3.79.